The van der Waals surface area contributed by atoms with Gasteiger partial charge < -0.3 is 4.74 Å². The molecule has 1 aromatic heterocycles. The molecular weight excluding hydrogens is 284 g/mol. The first-order valence-electron chi connectivity index (χ1n) is 7.20. The number of nitrogens with zero attached hydrogens (tertiary/aromatic N) is 1. The molecule has 1 aliphatic rings. The highest BCUT2D eigenvalue weighted by molar-refractivity contribution is 7.15. The fraction of sp³-hybridized carbons (Fsp3) is 0.375. The highest BCUT2D eigenvalue weighted by Crippen LogP contribution is 2.29. The third-order valence-corrected chi connectivity index (χ3v) is 4.72. The molecule has 0 radical (unpaired) electrons. The molecule has 110 valence electrons. The van der Waals surface area contributed by atoms with E-state index in [1.54, 1.807) is 30.6 Å². The smallest absolute Gasteiger partial charge is 0.257 e. The van der Waals surface area contributed by atoms with Gasteiger partial charge in [0.15, 0.2) is 5.13 Å². The van der Waals surface area contributed by atoms with Gasteiger partial charge in [0, 0.05) is 10.4 Å². The molecule has 1 heterocycles. The van der Waals surface area contributed by atoms with Gasteiger partial charge in [-0.1, -0.05) is 12.5 Å². The van der Waals surface area contributed by atoms with Crippen LogP contribution in [0.3, 0.4) is 0 Å². The summed E-state index contributed by atoms with van der Waals surface area (Å²) in [5.74, 6) is 0.537. The molecule has 3 rings (SSSR count). The fourth-order valence-corrected chi connectivity index (χ4v) is 3.56. The average Bonchev–Trinajstić information content (AvgIpc) is 2.76. The molecule has 0 unspecified atom stereocenters. The Hall–Kier alpha value is -1.88. The van der Waals surface area contributed by atoms with Crippen LogP contribution >= 0.6 is 11.3 Å². The Labute approximate surface area is 128 Å². The Bertz CT molecular complexity index is 628. The lowest BCUT2D eigenvalue weighted by Crippen LogP contribution is -2.11. The van der Waals surface area contributed by atoms with Crippen LogP contribution in [-0.4, -0.2) is 18.0 Å². The van der Waals surface area contributed by atoms with E-state index in [9.17, 15) is 4.79 Å². The van der Waals surface area contributed by atoms with Crippen LogP contribution in [0, 0.1) is 0 Å². The number of amides is 1. The molecule has 1 N–H and O–H groups in total. The second kappa shape index (κ2) is 6.26. The van der Waals surface area contributed by atoms with Gasteiger partial charge in [0.05, 0.1) is 12.8 Å². The normalized spacial score (nSPS) is 14.1. The van der Waals surface area contributed by atoms with Gasteiger partial charge in [0.2, 0.25) is 0 Å². The number of aryl methyl sites for hydroxylation is 2. The van der Waals surface area contributed by atoms with E-state index in [0.29, 0.717) is 16.4 Å². The van der Waals surface area contributed by atoms with Crippen LogP contribution in [0.5, 0.6) is 5.75 Å². The average molecular weight is 302 g/mol. The zero-order valence-electron chi connectivity index (χ0n) is 12.0. The molecule has 0 fully saturated rings. The molecule has 21 heavy (non-hydrogen) atoms. The number of benzene rings is 1. The Kier molecular flexibility index (Phi) is 4.20. The van der Waals surface area contributed by atoms with Crippen molar-refractivity contribution in [2.75, 3.05) is 12.4 Å². The minimum Gasteiger partial charge on any atom is -0.497 e. The topological polar surface area (TPSA) is 51.2 Å². The number of anilines is 1. The summed E-state index contributed by atoms with van der Waals surface area (Å²) in [6, 6.07) is 7.14. The zero-order chi connectivity index (χ0) is 14.7. The lowest BCUT2D eigenvalue weighted by molar-refractivity contribution is 0.102. The van der Waals surface area contributed by atoms with Gasteiger partial charge in [-0.15, -0.1) is 11.3 Å². The van der Waals surface area contributed by atoms with Gasteiger partial charge in [-0.05, 0) is 43.9 Å². The molecule has 1 aromatic carbocycles. The predicted molar refractivity (Wildman–Crippen MR) is 84.3 cm³/mol. The van der Waals surface area contributed by atoms with Crippen LogP contribution in [-0.2, 0) is 12.8 Å². The van der Waals surface area contributed by atoms with Crippen molar-refractivity contribution in [1.82, 2.24) is 4.98 Å². The Morgan fingerprint density at radius 2 is 2.14 bits per heavy atom. The van der Waals surface area contributed by atoms with Crippen molar-refractivity contribution < 1.29 is 9.53 Å². The van der Waals surface area contributed by atoms with Crippen molar-refractivity contribution in [3.05, 3.63) is 40.4 Å². The maximum Gasteiger partial charge on any atom is 0.257 e. The molecule has 0 spiro atoms. The van der Waals surface area contributed by atoms with E-state index in [0.717, 1.165) is 12.8 Å². The molecule has 0 aliphatic heterocycles. The zero-order valence-corrected chi connectivity index (χ0v) is 12.8. The van der Waals surface area contributed by atoms with Crippen molar-refractivity contribution in [2.45, 2.75) is 32.1 Å². The quantitative estimate of drug-likeness (QED) is 0.880. The molecule has 1 aliphatic carbocycles. The largest absolute Gasteiger partial charge is 0.497 e. The fourth-order valence-electron chi connectivity index (χ4n) is 2.52. The Balaban J connectivity index is 1.75. The Morgan fingerprint density at radius 1 is 1.29 bits per heavy atom. The molecule has 0 saturated carbocycles. The first-order valence-corrected chi connectivity index (χ1v) is 8.02. The lowest BCUT2D eigenvalue weighted by atomic mass is 10.2. The van der Waals surface area contributed by atoms with Crippen LogP contribution in [0.1, 0.15) is 40.2 Å². The van der Waals surface area contributed by atoms with E-state index < -0.39 is 0 Å². The summed E-state index contributed by atoms with van der Waals surface area (Å²) in [5, 5.41) is 3.60. The number of nitrogens with one attached hydrogen (secondary N) is 1. The summed E-state index contributed by atoms with van der Waals surface area (Å²) in [6.07, 6.45) is 5.80. The van der Waals surface area contributed by atoms with Crippen molar-refractivity contribution in [1.29, 1.82) is 0 Å². The number of fused-ring (bicyclic) bond motifs is 1. The first-order chi connectivity index (χ1) is 10.3. The van der Waals surface area contributed by atoms with Gasteiger partial charge >= 0.3 is 0 Å². The number of aromatic nitrogens is 1. The number of hydrogen-bond acceptors (Lipinski definition) is 4. The van der Waals surface area contributed by atoms with Crippen LogP contribution < -0.4 is 10.1 Å². The van der Waals surface area contributed by atoms with E-state index in [4.69, 9.17) is 4.74 Å². The molecule has 0 bridgehead atoms. The van der Waals surface area contributed by atoms with E-state index in [1.165, 1.54) is 29.8 Å². The Morgan fingerprint density at radius 3 is 3.00 bits per heavy atom. The van der Waals surface area contributed by atoms with Gasteiger partial charge in [-0.25, -0.2) is 4.98 Å². The molecule has 0 saturated heterocycles. The molecule has 4 nitrogen and oxygen atoms in total. The van der Waals surface area contributed by atoms with Gasteiger partial charge in [0.1, 0.15) is 5.75 Å². The highest BCUT2D eigenvalue weighted by atomic mass is 32.1. The third kappa shape index (κ3) is 3.24. The van der Waals surface area contributed by atoms with Crippen LogP contribution in [0.15, 0.2) is 24.3 Å². The SMILES string of the molecule is COc1cccc(C(=O)Nc2nc3c(s2)CCCCC3)c1. The molecule has 1 amide bonds. The first kappa shape index (κ1) is 14.1. The van der Waals surface area contributed by atoms with Crippen molar-refractivity contribution in [3.8, 4) is 5.75 Å². The molecule has 2 aromatic rings. The van der Waals surface area contributed by atoms with E-state index in [-0.39, 0.29) is 5.91 Å². The summed E-state index contributed by atoms with van der Waals surface area (Å²) >= 11 is 1.61. The van der Waals surface area contributed by atoms with Gasteiger partial charge in [0.25, 0.3) is 5.91 Å². The second-order valence-electron chi connectivity index (χ2n) is 5.14. The lowest BCUT2D eigenvalue weighted by Gasteiger charge is -2.04. The van der Waals surface area contributed by atoms with Crippen LogP contribution in [0.4, 0.5) is 5.13 Å². The summed E-state index contributed by atoms with van der Waals surface area (Å²) in [4.78, 5) is 18.2. The van der Waals surface area contributed by atoms with E-state index >= 15 is 0 Å². The van der Waals surface area contributed by atoms with Gasteiger partial charge in [-0.2, -0.15) is 0 Å². The molecular formula is C16H18N2O2S. The number of methoxy groups -OCH3 is 1. The highest BCUT2D eigenvalue weighted by Gasteiger charge is 2.16. The predicted octanol–water partition coefficient (Wildman–Crippen LogP) is 3.67. The maximum absolute atomic E-state index is 12.3. The summed E-state index contributed by atoms with van der Waals surface area (Å²) < 4.78 is 5.14. The standard InChI is InChI=1S/C16H18N2O2S/c1-20-12-7-5-6-11(10-12)15(19)18-16-17-13-8-3-2-4-9-14(13)21-16/h5-7,10H,2-4,8-9H2,1H3,(H,17,18,19). The molecule has 0 atom stereocenters. The summed E-state index contributed by atoms with van der Waals surface area (Å²) in [6.45, 7) is 0. The summed E-state index contributed by atoms with van der Waals surface area (Å²) in [5.41, 5.74) is 1.75. The van der Waals surface area contributed by atoms with E-state index in [2.05, 4.69) is 10.3 Å². The minimum absolute atomic E-state index is 0.141. The molecule has 5 heteroatoms. The van der Waals surface area contributed by atoms with Crippen molar-refractivity contribution >= 4 is 22.4 Å². The van der Waals surface area contributed by atoms with E-state index in [1.807, 2.05) is 12.1 Å². The number of carbonyl (C=O) groups excluding carboxylic acids is 1. The number of rotatable bonds is 3. The third-order valence-electron chi connectivity index (χ3n) is 3.65. The van der Waals surface area contributed by atoms with Gasteiger partial charge in [-0.3, -0.25) is 10.1 Å². The second-order valence-corrected chi connectivity index (χ2v) is 6.22. The number of ether oxygens (including phenoxy) is 1. The number of hydrogen-bond donors (Lipinski definition) is 1. The van der Waals surface area contributed by atoms with Crippen molar-refractivity contribution in [2.24, 2.45) is 0 Å². The number of thiazole rings is 1. The number of carbonyl (C=O) groups is 1. The van der Waals surface area contributed by atoms with Crippen LogP contribution in [0.2, 0.25) is 0 Å². The monoisotopic (exact) mass is 302 g/mol. The van der Waals surface area contributed by atoms with Crippen molar-refractivity contribution in [3.63, 3.8) is 0 Å². The van der Waals surface area contributed by atoms with Crippen LogP contribution in [0.25, 0.3) is 0 Å². The maximum atomic E-state index is 12.3. The summed E-state index contributed by atoms with van der Waals surface area (Å²) in [7, 11) is 1.59. The minimum atomic E-state index is -0.141.